The predicted octanol–water partition coefficient (Wildman–Crippen LogP) is 5.06. The highest BCUT2D eigenvalue weighted by Gasteiger charge is 2.16. The van der Waals surface area contributed by atoms with Crippen molar-refractivity contribution in [3.05, 3.63) is 64.7 Å². The lowest BCUT2D eigenvalue weighted by atomic mass is 9.95. The SMILES string of the molecule is CCCCCc1nnc(NC(=O)c2ccccc2-c2ccccc2C#N)s1. The molecule has 1 N–H and O–H groups in total. The van der Waals surface area contributed by atoms with E-state index in [-0.39, 0.29) is 5.91 Å². The van der Waals surface area contributed by atoms with E-state index >= 15 is 0 Å². The van der Waals surface area contributed by atoms with Crippen LogP contribution in [-0.4, -0.2) is 16.1 Å². The van der Waals surface area contributed by atoms with Crippen LogP contribution in [0, 0.1) is 11.3 Å². The van der Waals surface area contributed by atoms with Crippen LogP contribution in [-0.2, 0) is 6.42 Å². The quantitative estimate of drug-likeness (QED) is 0.584. The maximum Gasteiger partial charge on any atom is 0.258 e. The van der Waals surface area contributed by atoms with Gasteiger partial charge in [0.1, 0.15) is 5.01 Å². The number of nitriles is 1. The van der Waals surface area contributed by atoms with Gasteiger partial charge in [-0.3, -0.25) is 10.1 Å². The average Bonchev–Trinajstić information content (AvgIpc) is 3.15. The van der Waals surface area contributed by atoms with Crippen molar-refractivity contribution in [1.29, 1.82) is 5.26 Å². The third kappa shape index (κ3) is 4.57. The van der Waals surface area contributed by atoms with E-state index in [1.807, 2.05) is 36.4 Å². The Labute approximate surface area is 162 Å². The molecule has 27 heavy (non-hydrogen) atoms. The molecule has 2 aromatic carbocycles. The van der Waals surface area contributed by atoms with Crippen LogP contribution >= 0.6 is 11.3 Å². The molecule has 5 nitrogen and oxygen atoms in total. The van der Waals surface area contributed by atoms with Crippen molar-refractivity contribution < 1.29 is 4.79 Å². The molecule has 3 rings (SSSR count). The third-order valence-electron chi connectivity index (χ3n) is 4.19. The minimum atomic E-state index is -0.255. The van der Waals surface area contributed by atoms with Crippen LogP contribution in [0.2, 0.25) is 0 Å². The highest BCUT2D eigenvalue weighted by atomic mass is 32.1. The van der Waals surface area contributed by atoms with E-state index in [1.54, 1.807) is 12.1 Å². The number of nitrogens with one attached hydrogen (secondary N) is 1. The third-order valence-corrected chi connectivity index (χ3v) is 5.09. The minimum absolute atomic E-state index is 0.255. The molecule has 6 heteroatoms. The summed E-state index contributed by atoms with van der Waals surface area (Å²) in [6.45, 7) is 2.16. The number of unbranched alkanes of at least 4 members (excludes halogenated alkanes) is 2. The maximum absolute atomic E-state index is 12.8. The molecule has 1 amide bonds. The molecule has 0 unspecified atom stereocenters. The summed E-state index contributed by atoms with van der Waals surface area (Å²) in [4.78, 5) is 12.8. The van der Waals surface area contributed by atoms with Crippen molar-refractivity contribution in [3.8, 4) is 17.2 Å². The summed E-state index contributed by atoms with van der Waals surface area (Å²) in [5.74, 6) is -0.255. The Kier molecular flexibility index (Phi) is 6.29. The first-order valence-corrected chi connectivity index (χ1v) is 9.77. The molecule has 1 aromatic heterocycles. The summed E-state index contributed by atoms with van der Waals surface area (Å²) in [6, 6.07) is 16.7. The molecule has 0 saturated carbocycles. The van der Waals surface area contributed by atoms with Gasteiger partial charge in [0.25, 0.3) is 5.91 Å². The number of benzene rings is 2. The number of rotatable bonds is 7. The van der Waals surface area contributed by atoms with Crippen LogP contribution < -0.4 is 5.32 Å². The fourth-order valence-corrected chi connectivity index (χ4v) is 3.60. The fourth-order valence-electron chi connectivity index (χ4n) is 2.83. The highest BCUT2D eigenvalue weighted by molar-refractivity contribution is 7.15. The lowest BCUT2D eigenvalue weighted by Gasteiger charge is -2.10. The Morgan fingerprint density at radius 1 is 1.07 bits per heavy atom. The van der Waals surface area contributed by atoms with E-state index in [4.69, 9.17) is 0 Å². The van der Waals surface area contributed by atoms with E-state index in [1.165, 1.54) is 11.3 Å². The van der Waals surface area contributed by atoms with Gasteiger partial charge in [0.05, 0.1) is 11.6 Å². The molecule has 0 radical (unpaired) electrons. The molecule has 0 spiro atoms. The Morgan fingerprint density at radius 2 is 1.81 bits per heavy atom. The van der Waals surface area contributed by atoms with E-state index in [2.05, 4.69) is 28.5 Å². The van der Waals surface area contributed by atoms with Crippen molar-refractivity contribution in [2.75, 3.05) is 5.32 Å². The molecule has 0 aliphatic heterocycles. The normalized spacial score (nSPS) is 10.4. The average molecular weight is 376 g/mol. The molecule has 136 valence electrons. The number of nitrogens with zero attached hydrogens (tertiary/aromatic N) is 3. The zero-order valence-electron chi connectivity index (χ0n) is 15.1. The molecule has 0 atom stereocenters. The Bertz CT molecular complexity index is 974. The highest BCUT2D eigenvalue weighted by Crippen LogP contribution is 2.28. The summed E-state index contributed by atoms with van der Waals surface area (Å²) >= 11 is 1.41. The lowest BCUT2D eigenvalue weighted by molar-refractivity contribution is 0.102. The van der Waals surface area contributed by atoms with Gasteiger partial charge in [-0.25, -0.2) is 0 Å². The van der Waals surface area contributed by atoms with Crippen LogP contribution in [0.1, 0.15) is 47.1 Å². The predicted molar refractivity (Wildman–Crippen MR) is 108 cm³/mol. The molecule has 0 bridgehead atoms. The Morgan fingerprint density at radius 3 is 2.59 bits per heavy atom. The number of anilines is 1. The zero-order chi connectivity index (χ0) is 19.1. The second kappa shape index (κ2) is 9.06. The molecule has 3 aromatic rings. The van der Waals surface area contributed by atoms with Crippen LogP contribution in [0.15, 0.2) is 48.5 Å². The zero-order valence-corrected chi connectivity index (χ0v) is 15.9. The summed E-state index contributed by atoms with van der Waals surface area (Å²) in [5, 5.41) is 21.9. The molecule has 0 fully saturated rings. The van der Waals surface area contributed by atoms with Crippen molar-refractivity contribution >= 4 is 22.4 Å². The van der Waals surface area contributed by atoms with Gasteiger partial charge < -0.3 is 0 Å². The summed E-state index contributed by atoms with van der Waals surface area (Å²) in [6.07, 6.45) is 4.27. The minimum Gasteiger partial charge on any atom is -0.296 e. The van der Waals surface area contributed by atoms with E-state index in [9.17, 15) is 10.1 Å². The first kappa shape index (κ1) is 18.7. The Balaban J connectivity index is 1.81. The van der Waals surface area contributed by atoms with Crippen molar-refractivity contribution in [3.63, 3.8) is 0 Å². The molecule has 0 saturated heterocycles. The topological polar surface area (TPSA) is 78.7 Å². The first-order chi connectivity index (χ1) is 13.2. The molecule has 0 aliphatic rings. The number of carbonyl (C=O) groups is 1. The fraction of sp³-hybridized carbons (Fsp3) is 0.238. The van der Waals surface area contributed by atoms with Gasteiger partial charge in [-0.1, -0.05) is 67.5 Å². The van der Waals surface area contributed by atoms with Gasteiger partial charge in [0, 0.05) is 17.5 Å². The van der Waals surface area contributed by atoms with Crippen LogP contribution in [0.4, 0.5) is 5.13 Å². The summed E-state index contributed by atoms with van der Waals surface area (Å²) < 4.78 is 0. The first-order valence-electron chi connectivity index (χ1n) is 8.95. The molecule has 1 heterocycles. The number of aryl methyl sites for hydroxylation is 1. The number of hydrogen-bond acceptors (Lipinski definition) is 5. The van der Waals surface area contributed by atoms with Gasteiger partial charge in [0.2, 0.25) is 5.13 Å². The van der Waals surface area contributed by atoms with Gasteiger partial charge in [0.15, 0.2) is 0 Å². The van der Waals surface area contributed by atoms with E-state index in [0.717, 1.165) is 41.8 Å². The maximum atomic E-state index is 12.8. The summed E-state index contributed by atoms with van der Waals surface area (Å²) in [5.41, 5.74) is 2.50. The number of aromatic nitrogens is 2. The van der Waals surface area contributed by atoms with Crippen molar-refractivity contribution in [2.45, 2.75) is 32.6 Å². The largest absolute Gasteiger partial charge is 0.296 e. The second-order valence-electron chi connectivity index (χ2n) is 6.12. The Hall–Kier alpha value is -3.04. The van der Waals surface area contributed by atoms with E-state index < -0.39 is 0 Å². The van der Waals surface area contributed by atoms with Crippen LogP contribution in [0.25, 0.3) is 11.1 Å². The van der Waals surface area contributed by atoms with E-state index in [0.29, 0.717) is 16.3 Å². The van der Waals surface area contributed by atoms with Crippen molar-refractivity contribution in [1.82, 2.24) is 10.2 Å². The van der Waals surface area contributed by atoms with Crippen molar-refractivity contribution in [2.24, 2.45) is 0 Å². The standard InChI is InChI=1S/C21H20N4OS/c1-2-3-4-13-19-24-25-21(27-19)23-20(26)18-12-8-7-11-17(18)16-10-6-5-9-15(16)14-22/h5-12H,2-4,13H2,1H3,(H,23,25,26). The summed E-state index contributed by atoms with van der Waals surface area (Å²) in [7, 11) is 0. The molecular weight excluding hydrogens is 356 g/mol. The number of hydrogen-bond donors (Lipinski definition) is 1. The monoisotopic (exact) mass is 376 g/mol. The number of amides is 1. The smallest absolute Gasteiger partial charge is 0.258 e. The molecule has 0 aliphatic carbocycles. The van der Waals surface area contributed by atoms with Gasteiger partial charge in [-0.15, -0.1) is 10.2 Å². The lowest BCUT2D eigenvalue weighted by Crippen LogP contribution is -2.13. The second-order valence-corrected chi connectivity index (χ2v) is 7.18. The molecular formula is C21H20N4OS. The van der Waals surface area contributed by atoms with Crippen LogP contribution in [0.5, 0.6) is 0 Å². The van der Waals surface area contributed by atoms with Gasteiger partial charge in [-0.05, 0) is 24.1 Å². The van der Waals surface area contributed by atoms with Gasteiger partial charge in [-0.2, -0.15) is 5.26 Å². The van der Waals surface area contributed by atoms with Gasteiger partial charge >= 0.3 is 0 Å². The number of carbonyl (C=O) groups excluding carboxylic acids is 1. The van der Waals surface area contributed by atoms with Crippen LogP contribution in [0.3, 0.4) is 0 Å².